The fourth-order valence-electron chi connectivity index (χ4n) is 1.84. The Kier molecular flexibility index (Phi) is 4.35. The first-order chi connectivity index (χ1) is 6.69. The van der Waals surface area contributed by atoms with Gasteiger partial charge in [-0.3, -0.25) is 4.79 Å². The molecule has 0 aromatic rings. The van der Waals surface area contributed by atoms with E-state index < -0.39 is 0 Å². The number of nitrogens with zero attached hydrogens (tertiary/aromatic N) is 1. The van der Waals surface area contributed by atoms with Crippen molar-refractivity contribution in [2.24, 2.45) is 0 Å². The molecule has 0 saturated carbocycles. The third kappa shape index (κ3) is 2.69. The summed E-state index contributed by atoms with van der Waals surface area (Å²) in [7, 11) is 1.69. The van der Waals surface area contributed by atoms with Gasteiger partial charge in [0.1, 0.15) is 0 Å². The van der Waals surface area contributed by atoms with E-state index in [1.54, 1.807) is 14.0 Å². The molecule has 1 aliphatic rings. The average Bonchev–Trinajstić information content (AvgIpc) is 2.58. The molecule has 0 spiro atoms. The zero-order valence-corrected chi connectivity index (χ0v) is 9.16. The lowest BCUT2D eigenvalue weighted by Crippen LogP contribution is -2.37. The summed E-state index contributed by atoms with van der Waals surface area (Å²) in [5, 5.41) is 0. The smallest absolute Gasteiger partial charge is 0.219 e. The maximum absolute atomic E-state index is 11.3. The van der Waals surface area contributed by atoms with E-state index in [1.807, 2.05) is 11.8 Å². The van der Waals surface area contributed by atoms with Crippen LogP contribution in [0.5, 0.6) is 0 Å². The minimum atomic E-state index is 0.106. The van der Waals surface area contributed by atoms with Crippen LogP contribution in [0.15, 0.2) is 0 Å². The molecule has 4 nitrogen and oxygen atoms in total. The predicted molar refractivity (Wildman–Crippen MR) is 53.1 cm³/mol. The predicted octanol–water partition coefficient (Wildman–Crippen LogP) is 0.659. The third-order valence-electron chi connectivity index (χ3n) is 2.63. The Morgan fingerprint density at radius 1 is 1.57 bits per heavy atom. The minimum Gasteiger partial charge on any atom is -0.380 e. The van der Waals surface area contributed by atoms with Gasteiger partial charge in [0, 0.05) is 27.2 Å². The summed E-state index contributed by atoms with van der Waals surface area (Å²) < 4.78 is 10.6. The van der Waals surface area contributed by atoms with Crippen molar-refractivity contribution in [2.45, 2.75) is 32.4 Å². The molecule has 4 heteroatoms. The second kappa shape index (κ2) is 5.32. The molecule has 1 fully saturated rings. The molecular weight excluding hydrogens is 182 g/mol. The molecule has 1 aliphatic heterocycles. The van der Waals surface area contributed by atoms with E-state index >= 15 is 0 Å². The topological polar surface area (TPSA) is 38.8 Å². The second-order valence-corrected chi connectivity index (χ2v) is 3.58. The third-order valence-corrected chi connectivity index (χ3v) is 2.63. The standard InChI is InChI=1S/C10H19NO3/c1-4-14-7-9-5-10(13-3)6-11(9)8(2)12/h9-10H,4-7H2,1-3H3/t9-,10+/m0/s1. The maximum Gasteiger partial charge on any atom is 0.219 e. The van der Waals surface area contributed by atoms with Crippen molar-refractivity contribution in [3.63, 3.8) is 0 Å². The maximum atomic E-state index is 11.3. The molecule has 0 N–H and O–H groups in total. The first kappa shape index (κ1) is 11.5. The monoisotopic (exact) mass is 201 g/mol. The van der Waals surface area contributed by atoms with E-state index in [1.165, 1.54) is 0 Å². The molecule has 1 saturated heterocycles. The Labute approximate surface area is 85.2 Å². The lowest BCUT2D eigenvalue weighted by molar-refractivity contribution is -0.131. The normalized spacial score (nSPS) is 26.9. The highest BCUT2D eigenvalue weighted by atomic mass is 16.5. The molecule has 1 amide bonds. The Bertz CT molecular complexity index is 196. The highest BCUT2D eigenvalue weighted by Gasteiger charge is 2.33. The zero-order valence-electron chi connectivity index (χ0n) is 9.16. The molecule has 2 atom stereocenters. The molecule has 0 aliphatic carbocycles. The van der Waals surface area contributed by atoms with Gasteiger partial charge in [-0.05, 0) is 13.3 Å². The average molecular weight is 201 g/mol. The van der Waals surface area contributed by atoms with Gasteiger partial charge in [0.05, 0.1) is 18.8 Å². The van der Waals surface area contributed by atoms with Gasteiger partial charge >= 0.3 is 0 Å². The Morgan fingerprint density at radius 2 is 2.29 bits per heavy atom. The summed E-state index contributed by atoms with van der Waals surface area (Å²) >= 11 is 0. The van der Waals surface area contributed by atoms with Crippen molar-refractivity contribution in [3.8, 4) is 0 Å². The number of methoxy groups -OCH3 is 1. The van der Waals surface area contributed by atoms with Crippen molar-refractivity contribution in [1.82, 2.24) is 4.90 Å². The number of carbonyl (C=O) groups is 1. The van der Waals surface area contributed by atoms with Crippen molar-refractivity contribution in [1.29, 1.82) is 0 Å². The van der Waals surface area contributed by atoms with Crippen LogP contribution < -0.4 is 0 Å². The van der Waals surface area contributed by atoms with E-state index in [9.17, 15) is 4.79 Å². The van der Waals surface area contributed by atoms with Crippen molar-refractivity contribution in [3.05, 3.63) is 0 Å². The molecule has 0 aromatic carbocycles. The summed E-state index contributed by atoms with van der Waals surface area (Å²) in [6.07, 6.45) is 1.06. The van der Waals surface area contributed by atoms with Gasteiger partial charge in [-0.15, -0.1) is 0 Å². The molecule has 14 heavy (non-hydrogen) atoms. The van der Waals surface area contributed by atoms with Crippen LogP contribution in [-0.2, 0) is 14.3 Å². The van der Waals surface area contributed by atoms with Crippen LogP contribution in [0.25, 0.3) is 0 Å². The van der Waals surface area contributed by atoms with E-state index in [2.05, 4.69) is 0 Å². The van der Waals surface area contributed by atoms with Crippen molar-refractivity contribution < 1.29 is 14.3 Å². The molecule has 0 aromatic heterocycles. The van der Waals surface area contributed by atoms with Crippen molar-refractivity contribution >= 4 is 5.91 Å². The molecule has 1 heterocycles. The number of amides is 1. The molecule has 1 rings (SSSR count). The lowest BCUT2D eigenvalue weighted by Gasteiger charge is -2.22. The number of ether oxygens (including phenoxy) is 2. The van der Waals surface area contributed by atoms with Gasteiger partial charge in [-0.1, -0.05) is 0 Å². The summed E-state index contributed by atoms with van der Waals surface area (Å²) in [4.78, 5) is 13.1. The summed E-state index contributed by atoms with van der Waals surface area (Å²) in [5.74, 6) is 0.106. The van der Waals surface area contributed by atoms with Crippen LogP contribution in [-0.4, -0.2) is 49.8 Å². The largest absolute Gasteiger partial charge is 0.380 e. The van der Waals surface area contributed by atoms with Crippen molar-refractivity contribution in [2.75, 3.05) is 26.9 Å². The first-order valence-electron chi connectivity index (χ1n) is 5.06. The Morgan fingerprint density at radius 3 is 2.79 bits per heavy atom. The summed E-state index contributed by atoms with van der Waals surface area (Å²) in [5.41, 5.74) is 0. The fourth-order valence-corrected chi connectivity index (χ4v) is 1.84. The molecule has 0 radical (unpaired) electrons. The van der Waals surface area contributed by atoms with Gasteiger partial charge < -0.3 is 14.4 Å². The first-order valence-corrected chi connectivity index (χ1v) is 5.06. The van der Waals surface area contributed by atoms with Crippen LogP contribution in [0, 0.1) is 0 Å². The second-order valence-electron chi connectivity index (χ2n) is 3.58. The summed E-state index contributed by atoms with van der Waals surface area (Å²) in [6, 6.07) is 0.192. The van der Waals surface area contributed by atoms with E-state index in [0.717, 1.165) is 6.42 Å². The van der Waals surface area contributed by atoms with Crippen LogP contribution in [0.3, 0.4) is 0 Å². The Balaban J connectivity index is 2.48. The van der Waals surface area contributed by atoms with Gasteiger partial charge in [-0.2, -0.15) is 0 Å². The highest BCUT2D eigenvalue weighted by molar-refractivity contribution is 5.74. The van der Waals surface area contributed by atoms with E-state index in [0.29, 0.717) is 19.8 Å². The van der Waals surface area contributed by atoms with Crippen LogP contribution in [0.4, 0.5) is 0 Å². The fraction of sp³-hybridized carbons (Fsp3) is 0.900. The van der Waals surface area contributed by atoms with Crippen LogP contribution in [0.2, 0.25) is 0 Å². The molecule has 0 bridgehead atoms. The van der Waals surface area contributed by atoms with Crippen LogP contribution >= 0.6 is 0 Å². The van der Waals surface area contributed by atoms with E-state index in [4.69, 9.17) is 9.47 Å². The minimum absolute atomic E-state index is 0.106. The van der Waals surface area contributed by atoms with Gasteiger partial charge in [0.25, 0.3) is 0 Å². The molecule has 0 unspecified atom stereocenters. The van der Waals surface area contributed by atoms with Gasteiger partial charge in [-0.25, -0.2) is 0 Å². The number of hydrogen-bond acceptors (Lipinski definition) is 3. The SMILES string of the molecule is CCOC[C@@H]1C[C@@H](OC)CN1C(C)=O. The van der Waals surface area contributed by atoms with Gasteiger partial charge in [0.2, 0.25) is 5.91 Å². The number of carbonyl (C=O) groups excluding carboxylic acids is 1. The Hall–Kier alpha value is -0.610. The number of likely N-dealkylation sites (tertiary alicyclic amines) is 1. The molecular formula is C10H19NO3. The van der Waals surface area contributed by atoms with Gasteiger partial charge in [0.15, 0.2) is 0 Å². The van der Waals surface area contributed by atoms with Crippen LogP contribution in [0.1, 0.15) is 20.3 Å². The zero-order chi connectivity index (χ0) is 10.6. The quantitative estimate of drug-likeness (QED) is 0.670. The van der Waals surface area contributed by atoms with E-state index in [-0.39, 0.29) is 18.1 Å². The highest BCUT2D eigenvalue weighted by Crippen LogP contribution is 2.20. The molecule has 82 valence electrons. The number of hydrogen-bond donors (Lipinski definition) is 0. The lowest BCUT2D eigenvalue weighted by atomic mass is 10.2. The number of rotatable bonds is 4. The summed E-state index contributed by atoms with van der Waals surface area (Å²) in [6.45, 7) is 5.57.